The zero-order chi connectivity index (χ0) is 21.7. The van der Waals surface area contributed by atoms with Crippen LogP contribution >= 0.6 is 39.9 Å². The summed E-state index contributed by atoms with van der Waals surface area (Å²) in [6, 6.07) is 9.28. The van der Waals surface area contributed by atoms with Gasteiger partial charge in [0.25, 0.3) is 5.91 Å². The first-order valence-corrected chi connectivity index (χ1v) is 11.3. The van der Waals surface area contributed by atoms with Crippen molar-refractivity contribution >= 4 is 62.2 Å². The van der Waals surface area contributed by atoms with Gasteiger partial charge in [0.2, 0.25) is 0 Å². The summed E-state index contributed by atoms with van der Waals surface area (Å²) in [6.07, 6.45) is 3.87. The lowest BCUT2D eigenvalue weighted by molar-refractivity contribution is -0.137. The van der Waals surface area contributed by atoms with Gasteiger partial charge in [-0.05, 0) is 43.2 Å². The summed E-state index contributed by atoms with van der Waals surface area (Å²) in [5, 5.41) is 8.69. The van der Waals surface area contributed by atoms with Crippen LogP contribution in [0.15, 0.2) is 44.1 Å². The lowest BCUT2D eigenvalue weighted by Gasteiger charge is -2.13. The predicted molar refractivity (Wildman–Crippen MR) is 124 cm³/mol. The van der Waals surface area contributed by atoms with Gasteiger partial charge in [0.05, 0.1) is 17.6 Å². The smallest absolute Gasteiger partial charge is 0.303 e. The van der Waals surface area contributed by atoms with Crippen LogP contribution in [0.3, 0.4) is 0 Å². The minimum Gasteiger partial charge on any atom is -0.496 e. The number of benzene rings is 1. The number of hydrogen-bond donors (Lipinski definition) is 1. The van der Waals surface area contributed by atoms with E-state index in [-0.39, 0.29) is 12.3 Å². The van der Waals surface area contributed by atoms with Gasteiger partial charge in [0, 0.05) is 23.5 Å². The first-order chi connectivity index (χ1) is 14.4. The van der Waals surface area contributed by atoms with E-state index in [0.717, 1.165) is 16.5 Å². The number of carboxylic acids is 1. The van der Waals surface area contributed by atoms with Crippen LogP contribution in [0.5, 0.6) is 5.75 Å². The molecule has 2 heterocycles. The number of carbonyl (C=O) groups excluding carboxylic acids is 1. The predicted octanol–water partition coefficient (Wildman–Crippen LogP) is 5.56. The molecule has 1 amide bonds. The van der Waals surface area contributed by atoms with Crippen molar-refractivity contribution < 1.29 is 23.8 Å². The van der Waals surface area contributed by atoms with Gasteiger partial charge in [-0.15, -0.1) is 0 Å². The van der Waals surface area contributed by atoms with Crippen molar-refractivity contribution in [2.45, 2.75) is 25.7 Å². The fraction of sp³-hybridized carbons (Fsp3) is 0.286. The fourth-order valence-electron chi connectivity index (χ4n) is 2.99. The van der Waals surface area contributed by atoms with E-state index < -0.39 is 5.97 Å². The number of aliphatic carboxylic acids is 1. The number of carbonyl (C=O) groups is 2. The molecule has 1 aliphatic rings. The molecule has 1 saturated heterocycles. The molecular weight excluding hydrogens is 490 g/mol. The quantitative estimate of drug-likeness (QED) is 0.269. The SMILES string of the molecule is COc1ccc(Br)cc1-c1ccc(/C=C2\SC(=S)N(CCCCCC(=O)O)C2=O)o1. The highest BCUT2D eigenvalue weighted by Crippen LogP contribution is 2.36. The number of ether oxygens (including phenoxy) is 1. The highest BCUT2D eigenvalue weighted by Gasteiger charge is 2.31. The van der Waals surface area contributed by atoms with Crippen molar-refractivity contribution in [1.82, 2.24) is 4.90 Å². The van der Waals surface area contributed by atoms with Crippen LogP contribution in [0, 0.1) is 0 Å². The van der Waals surface area contributed by atoms with Crippen molar-refractivity contribution in [3.63, 3.8) is 0 Å². The summed E-state index contributed by atoms with van der Waals surface area (Å²) in [4.78, 5) is 25.3. The van der Waals surface area contributed by atoms with E-state index in [1.165, 1.54) is 11.8 Å². The van der Waals surface area contributed by atoms with Gasteiger partial charge in [-0.1, -0.05) is 46.3 Å². The van der Waals surface area contributed by atoms with E-state index >= 15 is 0 Å². The Morgan fingerprint density at radius 2 is 2.10 bits per heavy atom. The van der Waals surface area contributed by atoms with Crippen LogP contribution in [0.2, 0.25) is 0 Å². The van der Waals surface area contributed by atoms with Gasteiger partial charge in [0.15, 0.2) is 0 Å². The molecule has 9 heteroatoms. The molecule has 1 fully saturated rings. The molecule has 0 radical (unpaired) electrons. The lowest BCUT2D eigenvalue weighted by atomic mass is 10.1. The van der Waals surface area contributed by atoms with Crippen molar-refractivity contribution in [3.05, 3.63) is 45.5 Å². The second-order valence-corrected chi connectivity index (χ2v) is 9.18. The summed E-state index contributed by atoms with van der Waals surface area (Å²) in [6.45, 7) is 0.486. The molecule has 0 saturated carbocycles. The molecular formula is C21H20BrNO5S2. The number of thiocarbonyl (C=S) groups is 1. The molecule has 1 N–H and O–H groups in total. The Morgan fingerprint density at radius 1 is 1.30 bits per heavy atom. The average Bonchev–Trinajstić information content (AvgIpc) is 3.27. The third-order valence-corrected chi connectivity index (χ3v) is 6.34. The largest absolute Gasteiger partial charge is 0.496 e. The normalized spacial score (nSPS) is 15.3. The number of hydrogen-bond acceptors (Lipinski definition) is 6. The van der Waals surface area contributed by atoms with E-state index in [9.17, 15) is 9.59 Å². The number of carboxylic acid groups (broad SMARTS) is 1. The van der Waals surface area contributed by atoms with E-state index in [0.29, 0.717) is 45.9 Å². The zero-order valence-electron chi connectivity index (χ0n) is 16.2. The number of furan rings is 1. The van der Waals surface area contributed by atoms with Crippen LogP contribution in [-0.2, 0) is 9.59 Å². The van der Waals surface area contributed by atoms with Gasteiger partial charge in [-0.25, -0.2) is 0 Å². The monoisotopic (exact) mass is 509 g/mol. The number of thioether (sulfide) groups is 1. The second kappa shape index (κ2) is 10.3. The minimum atomic E-state index is -0.804. The summed E-state index contributed by atoms with van der Waals surface area (Å²) in [5.41, 5.74) is 0.806. The van der Waals surface area contributed by atoms with Gasteiger partial charge < -0.3 is 14.3 Å². The van der Waals surface area contributed by atoms with Crippen molar-refractivity contribution in [2.24, 2.45) is 0 Å². The first kappa shape index (κ1) is 22.6. The minimum absolute atomic E-state index is 0.141. The van der Waals surface area contributed by atoms with Crippen LogP contribution in [0.25, 0.3) is 17.4 Å². The molecule has 6 nitrogen and oxygen atoms in total. The second-order valence-electron chi connectivity index (χ2n) is 6.58. The molecule has 0 spiro atoms. The lowest BCUT2D eigenvalue weighted by Crippen LogP contribution is -2.29. The third kappa shape index (κ3) is 5.53. The summed E-state index contributed by atoms with van der Waals surface area (Å²) >= 11 is 10.0. The maximum absolute atomic E-state index is 12.7. The number of halogens is 1. The van der Waals surface area contributed by atoms with E-state index in [4.69, 9.17) is 26.5 Å². The highest BCUT2D eigenvalue weighted by atomic mass is 79.9. The summed E-state index contributed by atoms with van der Waals surface area (Å²) < 4.78 is 12.7. The highest BCUT2D eigenvalue weighted by molar-refractivity contribution is 9.10. The maximum Gasteiger partial charge on any atom is 0.303 e. The summed E-state index contributed by atoms with van der Waals surface area (Å²) in [7, 11) is 1.60. The molecule has 0 atom stereocenters. The van der Waals surface area contributed by atoms with Crippen LogP contribution < -0.4 is 4.74 Å². The summed E-state index contributed by atoms with van der Waals surface area (Å²) in [5.74, 6) is 0.915. The Labute approximate surface area is 192 Å². The topological polar surface area (TPSA) is 80.0 Å². The standard InChI is InChI=1S/C21H20BrNO5S2/c1-27-16-8-6-13(22)11-15(16)17-9-7-14(28-17)12-18-20(26)23(21(29)30-18)10-4-2-3-5-19(24)25/h6-9,11-12H,2-5,10H2,1H3,(H,24,25)/b18-12-. The number of amides is 1. The van der Waals surface area contributed by atoms with Gasteiger partial charge >= 0.3 is 5.97 Å². The molecule has 30 heavy (non-hydrogen) atoms. The van der Waals surface area contributed by atoms with Crippen LogP contribution in [-0.4, -0.2) is 39.9 Å². The average molecular weight is 510 g/mol. The fourth-order valence-corrected chi connectivity index (χ4v) is 4.64. The number of methoxy groups -OCH3 is 1. The Bertz CT molecular complexity index is 1000. The van der Waals surface area contributed by atoms with Gasteiger partial charge in [0.1, 0.15) is 21.6 Å². The number of rotatable bonds is 9. The molecule has 1 aliphatic heterocycles. The molecule has 0 aliphatic carbocycles. The van der Waals surface area contributed by atoms with Crippen molar-refractivity contribution in [2.75, 3.05) is 13.7 Å². The number of nitrogens with zero attached hydrogens (tertiary/aromatic N) is 1. The maximum atomic E-state index is 12.7. The Kier molecular flexibility index (Phi) is 7.74. The third-order valence-electron chi connectivity index (χ3n) is 4.47. The first-order valence-electron chi connectivity index (χ1n) is 9.30. The van der Waals surface area contributed by atoms with Crippen molar-refractivity contribution in [1.29, 1.82) is 0 Å². The Morgan fingerprint density at radius 3 is 2.83 bits per heavy atom. The van der Waals surface area contributed by atoms with Crippen LogP contribution in [0.1, 0.15) is 31.4 Å². The van der Waals surface area contributed by atoms with E-state index in [1.807, 2.05) is 24.3 Å². The van der Waals surface area contributed by atoms with Gasteiger partial charge in [-0.2, -0.15) is 0 Å². The Balaban J connectivity index is 1.68. The van der Waals surface area contributed by atoms with Crippen LogP contribution in [0.4, 0.5) is 0 Å². The molecule has 158 valence electrons. The molecule has 1 aromatic carbocycles. The zero-order valence-corrected chi connectivity index (χ0v) is 19.4. The molecule has 0 unspecified atom stereocenters. The molecule has 1 aromatic heterocycles. The molecule has 3 rings (SSSR count). The Hall–Kier alpha value is -2.10. The van der Waals surface area contributed by atoms with Crippen molar-refractivity contribution in [3.8, 4) is 17.1 Å². The molecule has 0 bridgehead atoms. The molecule has 2 aromatic rings. The van der Waals surface area contributed by atoms with E-state index in [1.54, 1.807) is 24.2 Å². The number of unbranched alkanes of at least 4 members (excludes halogenated alkanes) is 2. The van der Waals surface area contributed by atoms with E-state index in [2.05, 4.69) is 15.9 Å². The van der Waals surface area contributed by atoms with Gasteiger partial charge in [-0.3, -0.25) is 14.5 Å².